The number of rotatable bonds is 2. The minimum Gasteiger partial charge on any atom is -0.387 e. The van der Waals surface area contributed by atoms with Gasteiger partial charge in [0, 0.05) is 10.6 Å². The molecule has 0 aliphatic heterocycles. The molecule has 66 valence electrons. The average molecular weight is 209 g/mol. The molecule has 4 heteroatoms. The molecule has 0 saturated heterocycles. The maximum Gasteiger partial charge on any atom is 0.124 e. The summed E-state index contributed by atoms with van der Waals surface area (Å²) in [7, 11) is 0. The van der Waals surface area contributed by atoms with Crippen LogP contribution < -0.4 is 0 Å². The standard InChI is InChI=1S/C8H7Cl2FO/c9-4-8(12)6-2-1-5(11)3-7(6)10/h1-3,8,12H,4H2/t8-/m1/s1. The maximum absolute atomic E-state index is 12.5. The molecule has 1 aromatic rings. The van der Waals surface area contributed by atoms with Crippen LogP contribution in [0.4, 0.5) is 4.39 Å². The largest absolute Gasteiger partial charge is 0.387 e. The van der Waals surface area contributed by atoms with E-state index in [1.807, 2.05) is 0 Å². The number of hydrogen-bond acceptors (Lipinski definition) is 1. The SMILES string of the molecule is O[C@H](CCl)c1ccc(F)cc1Cl. The molecule has 1 aromatic carbocycles. The van der Waals surface area contributed by atoms with Crippen LogP contribution in [0.1, 0.15) is 11.7 Å². The van der Waals surface area contributed by atoms with Gasteiger partial charge < -0.3 is 5.11 Å². The minimum atomic E-state index is -0.834. The highest BCUT2D eigenvalue weighted by atomic mass is 35.5. The van der Waals surface area contributed by atoms with Crippen molar-refractivity contribution in [1.29, 1.82) is 0 Å². The Balaban J connectivity index is 3.01. The molecule has 0 bridgehead atoms. The van der Waals surface area contributed by atoms with Crippen LogP contribution in [0.2, 0.25) is 5.02 Å². The zero-order valence-electron chi connectivity index (χ0n) is 6.10. The molecule has 1 rings (SSSR count). The van der Waals surface area contributed by atoms with Gasteiger partial charge in [-0.3, -0.25) is 0 Å². The molecule has 0 spiro atoms. The summed E-state index contributed by atoms with van der Waals surface area (Å²) in [6, 6.07) is 3.80. The van der Waals surface area contributed by atoms with Crippen molar-refractivity contribution in [3.63, 3.8) is 0 Å². The van der Waals surface area contributed by atoms with Crippen LogP contribution in [-0.2, 0) is 0 Å². The first kappa shape index (κ1) is 9.78. The fourth-order valence-corrected chi connectivity index (χ4v) is 1.31. The molecule has 1 N–H and O–H groups in total. The molecular weight excluding hydrogens is 202 g/mol. The van der Waals surface area contributed by atoms with Crippen LogP contribution in [0.15, 0.2) is 18.2 Å². The third-order valence-electron chi connectivity index (χ3n) is 1.47. The van der Waals surface area contributed by atoms with Crippen LogP contribution in [0.5, 0.6) is 0 Å². The lowest BCUT2D eigenvalue weighted by molar-refractivity contribution is 0.202. The van der Waals surface area contributed by atoms with Crippen molar-refractivity contribution in [1.82, 2.24) is 0 Å². The van der Waals surface area contributed by atoms with Gasteiger partial charge in [-0.25, -0.2) is 4.39 Å². The Labute approximate surface area is 79.7 Å². The Bertz CT molecular complexity index is 278. The van der Waals surface area contributed by atoms with Gasteiger partial charge in [0.05, 0.1) is 12.0 Å². The predicted molar refractivity (Wildman–Crippen MR) is 47.1 cm³/mol. The van der Waals surface area contributed by atoms with Crippen molar-refractivity contribution in [2.75, 3.05) is 5.88 Å². The Kier molecular flexibility index (Phi) is 3.32. The van der Waals surface area contributed by atoms with E-state index in [4.69, 9.17) is 23.2 Å². The number of halogens is 3. The van der Waals surface area contributed by atoms with Crippen molar-refractivity contribution >= 4 is 23.2 Å². The number of aliphatic hydroxyl groups is 1. The summed E-state index contributed by atoms with van der Waals surface area (Å²) in [6.45, 7) is 0. The molecular formula is C8H7Cl2FO. The molecule has 0 fully saturated rings. The van der Waals surface area contributed by atoms with Crippen LogP contribution in [-0.4, -0.2) is 11.0 Å². The van der Waals surface area contributed by atoms with Gasteiger partial charge in [0.25, 0.3) is 0 Å². The van der Waals surface area contributed by atoms with Crippen LogP contribution >= 0.6 is 23.2 Å². The van der Waals surface area contributed by atoms with E-state index in [0.29, 0.717) is 5.56 Å². The Morgan fingerprint density at radius 3 is 2.67 bits per heavy atom. The first-order valence-corrected chi connectivity index (χ1v) is 4.25. The van der Waals surface area contributed by atoms with Gasteiger partial charge in [-0.1, -0.05) is 17.7 Å². The highest BCUT2D eigenvalue weighted by Crippen LogP contribution is 2.24. The van der Waals surface area contributed by atoms with Crippen LogP contribution in [0.25, 0.3) is 0 Å². The van der Waals surface area contributed by atoms with Crippen molar-refractivity contribution in [3.05, 3.63) is 34.6 Å². The lowest BCUT2D eigenvalue weighted by atomic mass is 10.1. The molecule has 1 atom stereocenters. The maximum atomic E-state index is 12.5. The van der Waals surface area contributed by atoms with Crippen LogP contribution in [0, 0.1) is 5.82 Å². The third kappa shape index (κ3) is 2.09. The molecule has 0 heterocycles. The second-order valence-corrected chi connectivity index (χ2v) is 3.05. The Morgan fingerprint density at radius 1 is 1.50 bits per heavy atom. The van der Waals surface area contributed by atoms with Crippen molar-refractivity contribution < 1.29 is 9.50 Å². The van der Waals surface area contributed by atoms with Crippen LogP contribution in [0.3, 0.4) is 0 Å². The first-order chi connectivity index (χ1) is 5.65. The first-order valence-electron chi connectivity index (χ1n) is 3.34. The van der Waals surface area contributed by atoms with Gasteiger partial charge in [-0.15, -0.1) is 11.6 Å². The fourth-order valence-electron chi connectivity index (χ4n) is 0.855. The van der Waals surface area contributed by atoms with Crippen molar-refractivity contribution in [2.45, 2.75) is 6.10 Å². The Morgan fingerprint density at radius 2 is 2.17 bits per heavy atom. The average Bonchev–Trinajstić information content (AvgIpc) is 2.03. The van der Waals surface area contributed by atoms with E-state index in [2.05, 4.69) is 0 Å². The second kappa shape index (κ2) is 4.08. The second-order valence-electron chi connectivity index (χ2n) is 2.34. The summed E-state index contributed by atoms with van der Waals surface area (Å²) < 4.78 is 12.5. The summed E-state index contributed by atoms with van der Waals surface area (Å²) in [4.78, 5) is 0. The lowest BCUT2D eigenvalue weighted by Crippen LogP contribution is -1.99. The quantitative estimate of drug-likeness (QED) is 0.742. The zero-order valence-corrected chi connectivity index (χ0v) is 7.61. The normalized spacial score (nSPS) is 13.0. The molecule has 0 saturated carbocycles. The highest BCUT2D eigenvalue weighted by Gasteiger charge is 2.10. The van der Waals surface area contributed by atoms with E-state index in [1.165, 1.54) is 12.1 Å². The van der Waals surface area contributed by atoms with Gasteiger partial charge in [-0.05, 0) is 12.1 Å². The van der Waals surface area contributed by atoms with E-state index < -0.39 is 11.9 Å². The van der Waals surface area contributed by atoms with Gasteiger partial charge in [0.2, 0.25) is 0 Å². The molecule has 0 radical (unpaired) electrons. The monoisotopic (exact) mass is 208 g/mol. The van der Waals surface area contributed by atoms with E-state index in [-0.39, 0.29) is 10.9 Å². The predicted octanol–water partition coefficient (Wildman–Crippen LogP) is 2.75. The molecule has 0 aromatic heterocycles. The van der Waals surface area contributed by atoms with E-state index >= 15 is 0 Å². The topological polar surface area (TPSA) is 20.2 Å². The minimum absolute atomic E-state index is 0.0470. The molecule has 0 aliphatic carbocycles. The highest BCUT2D eigenvalue weighted by molar-refractivity contribution is 6.31. The Hall–Kier alpha value is -0.310. The number of alkyl halides is 1. The summed E-state index contributed by atoms with van der Waals surface area (Å²) >= 11 is 11.0. The summed E-state index contributed by atoms with van der Waals surface area (Å²) in [6.07, 6.45) is -0.834. The van der Waals surface area contributed by atoms with Gasteiger partial charge in [-0.2, -0.15) is 0 Å². The molecule has 12 heavy (non-hydrogen) atoms. The molecule has 1 nitrogen and oxygen atoms in total. The smallest absolute Gasteiger partial charge is 0.124 e. The molecule has 0 amide bonds. The number of benzene rings is 1. The van der Waals surface area contributed by atoms with E-state index in [1.54, 1.807) is 0 Å². The van der Waals surface area contributed by atoms with E-state index in [9.17, 15) is 9.50 Å². The van der Waals surface area contributed by atoms with Gasteiger partial charge >= 0.3 is 0 Å². The number of aliphatic hydroxyl groups excluding tert-OH is 1. The lowest BCUT2D eigenvalue weighted by Gasteiger charge is -2.08. The molecule has 0 unspecified atom stereocenters. The van der Waals surface area contributed by atoms with Crippen molar-refractivity contribution in [3.8, 4) is 0 Å². The van der Waals surface area contributed by atoms with E-state index in [0.717, 1.165) is 6.07 Å². The summed E-state index contributed by atoms with van der Waals surface area (Å²) in [5.74, 6) is -0.378. The third-order valence-corrected chi connectivity index (χ3v) is 2.09. The summed E-state index contributed by atoms with van der Waals surface area (Å²) in [5, 5.41) is 9.46. The zero-order chi connectivity index (χ0) is 9.14. The molecule has 0 aliphatic rings. The number of hydrogen-bond donors (Lipinski definition) is 1. The van der Waals surface area contributed by atoms with Gasteiger partial charge in [0.1, 0.15) is 5.82 Å². The van der Waals surface area contributed by atoms with Crippen molar-refractivity contribution in [2.24, 2.45) is 0 Å². The van der Waals surface area contributed by atoms with Gasteiger partial charge in [0.15, 0.2) is 0 Å². The fraction of sp³-hybridized carbons (Fsp3) is 0.250. The summed E-state index contributed by atoms with van der Waals surface area (Å²) in [5.41, 5.74) is 0.452.